The molecule has 0 saturated carbocycles. The van der Waals surface area contributed by atoms with Crippen molar-refractivity contribution in [1.82, 2.24) is 14.8 Å². The van der Waals surface area contributed by atoms with Crippen molar-refractivity contribution in [3.05, 3.63) is 70.9 Å². The van der Waals surface area contributed by atoms with Crippen molar-refractivity contribution in [3.63, 3.8) is 0 Å². The van der Waals surface area contributed by atoms with Crippen molar-refractivity contribution in [2.24, 2.45) is 7.05 Å². The molecular formula is C24H24ClN5O. The smallest absolute Gasteiger partial charge is 0.255 e. The lowest BCUT2D eigenvalue weighted by atomic mass is 9.89. The van der Waals surface area contributed by atoms with Gasteiger partial charge < -0.3 is 11.1 Å². The molecule has 0 fully saturated rings. The Labute approximate surface area is 186 Å². The Morgan fingerprint density at radius 3 is 2.32 bits per heavy atom. The number of hydrogen-bond acceptors (Lipinski definition) is 4. The lowest BCUT2D eigenvalue weighted by molar-refractivity contribution is 0.102. The van der Waals surface area contributed by atoms with Crippen LogP contribution in [-0.2, 0) is 12.5 Å². The molecule has 0 radical (unpaired) electrons. The average molecular weight is 434 g/mol. The number of nitrogen functional groups attached to an aromatic ring is 1. The van der Waals surface area contributed by atoms with Crippen LogP contribution >= 0.6 is 11.6 Å². The molecule has 6 nitrogen and oxygen atoms in total. The molecule has 0 bridgehead atoms. The number of amides is 1. The van der Waals surface area contributed by atoms with E-state index in [0.717, 1.165) is 27.9 Å². The number of carbonyl (C=O) groups excluding carboxylic acids is 1. The molecule has 158 valence electrons. The van der Waals surface area contributed by atoms with Gasteiger partial charge in [-0.2, -0.15) is 5.10 Å². The maximum absolute atomic E-state index is 12.5. The largest absolute Gasteiger partial charge is 0.382 e. The number of aryl methyl sites for hydroxylation is 1. The van der Waals surface area contributed by atoms with E-state index < -0.39 is 0 Å². The Balaban J connectivity index is 1.70. The van der Waals surface area contributed by atoms with Gasteiger partial charge in [-0.25, -0.2) is 9.67 Å². The van der Waals surface area contributed by atoms with Gasteiger partial charge in [0, 0.05) is 34.4 Å². The van der Waals surface area contributed by atoms with E-state index in [4.69, 9.17) is 22.3 Å². The second-order valence-corrected chi connectivity index (χ2v) is 8.99. The summed E-state index contributed by atoms with van der Waals surface area (Å²) < 4.78 is 1.71. The first-order valence-corrected chi connectivity index (χ1v) is 10.3. The van der Waals surface area contributed by atoms with Crippen molar-refractivity contribution < 1.29 is 4.79 Å². The maximum atomic E-state index is 12.5. The van der Waals surface area contributed by atoms with Crippen LogP contribution in [0.5, 0.6) is 0 Å². The molecule has 0 aliphatic heterocycles. The molecule has 4 rings (SSSR count). The molecule has 31 heavy (non-hydrogen) atoms. The van der Waals surface area contributed by atoms with E-state index in [1.165, 1.54) is 0 Å². The highest BCUT2D eigenvalue weighted by Gasteiger charge is 2.22. The zero-order valence-electron chi connectivity index (χ0n) is 17.9. The van der Waals surface area contributed by atoms with E-state index in [-0.39, 0.29) is 11.3 Å². The van der Waals surface area contributed by atoms with Gasteiger partial charge >= 0.3 is 0 Å². The third-order valence-corrected chi connectivity index (χ3v) is 5.40. The third kappa shape index (κ3) is 4.11. The molecule has 1 amide bonds. The Kier molecular flexibility index (Phi) is 5.19. The number of nitrogens with one attached hydrogen (secondary N) is 1. The van der Waals surface area contributed by atoms with Gasteiger partial charge in [-0.3, -0.25) is 4.79 Å². The van der Waals surface area contributed by atoms with E-state index in [9.17, 15) is 4.79 Å². The van der Waals surface area contributed by atoms with Gasteiger partial charge in [-0.15, -0.1) is 0 Å². The fourth-order valence-corrected chi connectivity index (χ4v) is 3.55. The molecule has 0 unspecified atom stereocenters. The Morgan fingerprint density at radius 2 is 1.71 bits per heavy atom. The van der Waals surface area contributed by atoms with E-state index in [1.54, 1.807) is 28.9 Å². The van der Waals surface area contributed by atoms with Gasteiger partial charge in [0.05, 0.1) is 5.39 Å². The summed E-state index contributed by atoms with van der Waals surface area (Å²) >= 11 is 5.89. The van der Waals surface area contributed by atoms with Gasteiger partial charge in [-0.1, -0.05) is 44.5 Å². The maximum Gasteiger partial charge on any atom is 0.255 e. The quantitative estimate of drug-likeness (QED) is 0.451. The summed E-state index contributed by atoms with van der Waals surface area (Å²) in [5, 5.41) is 8.69. The number of aromatic nitrogens is 3. The molecule has 0 aliphatic carbocycles. The summed E-state index contributed by atoms with van der Waals surface area (Å²) in [5.74, 6) is 0.253. The number of anilines is 2. The van der Waals surface area contributed by atoms with Gasteiger partial charge in [0.15, 0.2) is 11.5 Å². The molecule has 0 saturated heterocycles. The summed E-state index contributed by atoms with van der Waals surface area (Å²) in [5.41, 5.74) is 11.0. The van der Waals surface area contributed by atoms with Gasteiger partial charge in [0.2, 0.25) is 0 Å². The summed E-state index contributed by atoms with van der Waals surface area (Å²) in [6.07, 6.45) is 0. The summed E-state index contributed by atoms with van der Waals surface area (Å²) in [6, 6.07) is 16.5. The van der Waals surface area contributed by atoms with Crippen LogP contribution in [0.3, 0.4) is 0 Å². The molecule has 2 aromatic carbocycles. The molecule has 0 spiro atoms. The second kappa shape index (κ2) is 7.71. The van der Waals surface area contributed by atoms with E-state index in [1.807, 2.05) is 31.3 Å². The first-order valence-electron chi connectivity index (χ1n) is 9.94. The summed E-state index contributed by atoms with van der Waals surface area (Å²) in [7, 11) is 1.84. The molecule has 7 heteroatoms. The van der Waals surface area contributed by atoms with Crippen LogP contribution in [0, 0.1) is 0 Å². The monoisotopic (exact) mass is 433 g/mol. The number of fused-ring (bicyclic) bond motifs is 1. The van der Waals surface area contributed by atoms with Crippen molar-refractivity contribution in [2.45, 2.75) is 26.2 Å². The van der Waals surface area contributed by atoms with Crippen molar-refractivity contribution in [2.75, 3.05) is 11.1 Å². The summed E-state index contributed by atoms with van der Waals surface area (Å²) in [4.78, 5) is 17.3. The number of pyridine rings is 1. The lowest BCUT2D eigenvalue weighted by Gasteiger charge is -2.19. The van der Waals surface area contributed by atoms with Gasteiger partial charge in [0.1, 0.15) is 0 Å². The van der Waals surface area contributed by atoms with E-state index in [2.05, 4.69) is 37.3 Å². The Morgan fingerprint density at radius 1 is 1.06 bits per heavy atom. The number of hydrogen-bond donors (Lipinski definition) is 2. The standard InChI is InChI=1S/C24H24ClN5O/c1-24(2,3)19-13-18(20-21(26)29-30(4)22(20)28-19)14-7-11-17(12-8-14)27-23(31)15-5-9-16(25)10-6-15/h5-13H,1-4H3,(H2,26,29)(H,27,31). The van der Waals surface area contributed by atoms with E-state index >= 15 is 0 Å². The predicted octanol–water partition coefficient (Wildman–Crippen LogP) is 5.42. The molecule has 0 aliphatic rings. The Bertz CT molecular complexity index is 1270. The van der Waals surface area contributed by atoms with Gasteiger partial charge in [0.25, 0.3) is 5.91 Å². The topological polar surface area (TPSA) is 85.8 Å². The molecule has 3 N–H and O–H groups in total. The van der Waals surface area contributed by atoms with Crippen molar-refractivity contribution in [3.8, 4) is 11.1 Å². The minimum Gasteiger partial charge on any atom is -0.382 e. The van der Waals surface area contributed by atoms with Crippen LogP contribution < -0.4 is 11.1 Å². The Hall–Kier alpha value is -3.38. The highest BCUT2D eigenvalue weighted by atomic mass is 35.5. The SMILES string of the molecule is Cn1nc(N)c2c(-c3ccc(NC(=O)c4ccc(Cl)cc4)cc3)cc(C(C)(C)C)nc21. The van der Waals surface area contributed by atoms with Crippen LogP contribution in [0.25, 0.3) is 22.2 Å². The molecule has 2 aromatic heterocycles. The zero-order chi connectivity index (χ0) is 22.3. The fraction of sp³-hybridized carbons (Fsp3) is 0.208. The van der Waals surface area contributed by atoms with Crippen LogP contribution in [-0.4, -0.2) is 20.7 Å². The molecule has 4 aromatic rings. The number of nitrogens with zero attached hydrogens (tertiary/aromatic N) is 3. The normalized spacial score (nSPS) is 11.6. The highest BCUT2D eigenvalue weighted by Crippen LogP contribution is 2.35. The fourth-order valence-electron chi connectivity index (χ4n) is 3.43. The minimum absolute atomic E-state index is 0.130. The number of carbonyl (C=O) groups is 1. The van der Waals surface area contributed by atoms with Crippen molar-refractivity contribution in [1.29, 1.82) is 0 Å². The van der Waals surface area contributed by atoms with Crippen LogP contribution in [0.4, 0.5) is 11.5 Å². The number of nitrogens with two attached hydrogens (primary N) is 1. The van der Waals surface area contributed by atoms with Crippen LogP contribution in [0.1, 0.15) is 36.8 Å². The highest BCUT2D eigenvalue weighted by molar-refractivity contribution is 6.30. The average Bonchev–Trinajstić information content (AvgIpc) is 3.01. The van der Waals surface area contributed by atoms with Crippen LogP contribution in [0.15, 0.2) is 54.6 Å². The van der Waals surface area contributed by atoms with E-state index in [0.29, 0.717) is 22.1 Å². The molecule has 2 heterocycles. The van der Waals surface area contributed by atoms with Crippen LogP contribution in [0.2, 0.25) is 5.02 Å². The predicted molar refractivity (Wildman–Crippen MR) is 126 cm³/mol. The second-order valence-electron chi connectivity index (χ2n) is 8.55. The lowest BCUT2D eigenvalue weighted by Crippen LogP contribution is -2.14. The third-order valence-electron chi connectivity index (χ3n) is 5.15. The minimum atomic E-state index is -0.192. The zero-order valence-corrected chi connectivity index (χ0v) is 18.7. The molecule has 0 atom stereocenters. The van der Waals surface area contributed by atoms with Gasteiger partial charge in [-0.05, 0) is 53.6 Å². The van der Waals surface area contributed by atoms with Crippen molar-refractivity contribution >= 4 is 40.0 Å². The number of benzene rings is 2. The number of halogens is 1. The first-order chi connectivity index (χ1) is 14.6. The number of rotatable bonds is 3. The molecular weight excluding hydrogens is 410 g/mol. The summed E-state index contributed by atoms with van der Waals surface area (Å²) in [6.45, 7) is 6.38. The first kappa shape index (κ1) is 20.9.